The van der Waals surface area contributed by atoms with E-state index in [-0.39, 0.29) is 6.03 Å². The number of rotatable bonds is 6. The average molecular weight is 276 g/mol. The first-order valence-corrected chi connectivity index (χ1v) is 7.54. The van der Waals surface area contributed by atoms with Crippen LogP contribution in [-0.4, -0.2) is 18.7 Å². The first-order valence-electron chi connectivity index (χ1n) is 7.54. The molecule has 0 atom stereocenters. The highest BCUT2D eigenvalue weighted by molar-refractivity contribution is 5.74. The lowest BCUT2D eigenvalue weighted by Crippen LogP contribution is -2.40. The van der Waals surface area contributed by atoms with Crippen LogP contribution in [0.15, 0.2) is 24.3 Å². The lowest BCUT2D eigenvalue weighted by atomic mass is 10.2. The van der Waals surface area contributed by atoms with Crippen LogP contribution in [0.2, 0.25) is 0 Å². The van der Waals surface area contributed by atoms with Gasteiger partial charge in [0, 0.05) is 12.6 Å². The van der Waals surface area contributed by atoms with E-state index >= 15 is 0 Å². The van der Waals surface area contributed by atoms with Crippen LogP contribution in [0.1, 0.15) is 44.6 Å². The molecule has 0 radical (unpaired) electrons. The lowest BCUT2D eigenvalue weighted by Gasteiger charge is -2.13. The van der Waals surface area contributed by atoms with Gasteiger partial charge < -0.3 is 15.4 Å². The molecule has 0 saturated heterocycles. The Morgan fingerprint density at radius 1 is 1.25 bits per heavy atom. The van der Waals surface area contributed by atoms with Gasteiger partial charge in [0.25, 0.3) is 0 Å². The Morgan fingerprint density at radius 2 is 1.95 bits per heavy atom. The van der Waals surface area contributed by atoms with Crippen molar-refractivity contribution in [2.24, 2.45) is 0 Å². The molecule has 2 amide bonds. The van der Waals surface area contributed by atoms with Crippen LogP contribution in [0.25, 0.3) is 0 Å². The smallest absolute Gasteiger partial charge is 0.315 e. The van der Waals surface area contributed by atoms with Crippen LogP contribution in [0.4, 0.5) is 4.79 Å². The van der Waals surface area contributed by atoms with E-state index in [0.29, 0.717) is 12.6 Å². The summed E-state index contributed by atoms with van der Waals surface area (Å²) in [5, 5.41) is 5.91. The van der Waals surface area contributed by atoms with E-state index in [2.05, 4.69) is 17.6 Å². The summed E-state index contributed by atoms with van der Waals surface area (Å²) in [6.45, 7) is 3.37. The van der Waals surface area contributed by atoms with E-state index in [4.69, 9.17) is 4.74 Å². The molecule has 110 valence electrons. The second-order valence-electron chi connectivity index (χ2n) is 5.30. The number of nitrogens with one attached hydrogen (secondary N) is 2. The van der Waals surface area contributed by atoms with E-state index in [1.54, 1.807) is 0 Å². The third kappa shape index (κ3) is 4.76. The lowest BCUT2D eigenvalue weighted by molar-refractivity contribution is 0.236. The quantitative estimate of drug-likeness (QED) is 0.838. The molecule has 0 aromatic heterocycles. The second kappa shape index (κ2) is 7.78. The first-order chi connectivity index (χ1) is 9.78. The summed E-state index contributed by atoms with van der Waals surface area (Å²) in [5.41, 5.74) is 1.08. The molecule has 2 N–H and O–H groups in total. The molecule has 1 aliphatic rings. The topological polar surface area (TPSA) is 50.4 Å². The number of carbonyl (C=O) groups is 1. The SMILES string of the molecule is CCCOc1ccc(CNC(=O)NC2CCCC2)cc1. The van der Waals surface area contributed by atoms with Crippen molar-refractivity contribution in [1.29, 1.82) is 0 Å². The fraction of sp³-hybridized carbons (Fsp3) is 0.562. The highest BCUT2D eigenvalue weighted by atomic mass is 16.5. The maximum Gasteiger partial charge on any atom is 0.315 e. The molecule has 0 bridgehead atoms. The zero-order valence-corrected chi connectivity index (χ0v) is 12.2. The second-order valence-corrected chi connectivity index (χ2v) is 5.30. The fourth-order valence-corrected chi connectivity index (χ4v) is 2.41. The van der Waals surface area contributed by atoms with E-state index in [1.165, 1.54) is 12.8 Å². The molecule has 4 nitrogen and oxygen atoms in total. The Hall–Kier alpha value is -1.71. The van der Waals surface area contributed by atoms with Crippen molar-refractivity contribution in [3.05, 3.63) is 29.8 Å². The molecular formula is C16H24N2O2. The van der Waals surface area contributed by atoms with Gasteiger partial charge in [-0.15, -0.1) is 0 Å². The predicted octanol–water partition coefficient (Wildman–Crippen LogP) is 3.22. The summed E-state index contributed by atoms with van der Waals surface area (Å²) in [4.78, 5) is 11.7. The van der Waals surface area contributed by atoms with Crippen LogP contribution in [-0.2, 0) is 6.54 Å². The highest BCUT2D eigenvalue weighted by Gasteiger charge is 2.16. The first kappa shape index (κ1) is 14.7. The third-order valence-electron chi connectivity index (χ3n) is 3.54. The maximum absolute atomic E-state index is 11.7. The molecule has 4 heteroatoms. The number of hydrogen-bond donors (Lipinski definition) is 2. The van der Waals surface area contributed by atoms with Gasteiger partial charge in [0.2, 0.25) is 0 Å². The molecule has 0 unspecified atom stereocenters. The van der Waals surface area contributed by atoms with Crippen molar-refractivity contribution >= 4 is 6.03 Å². The van der Waals surface area contributed by atoms with E-state index < -0.39 is 0 Å². The Labute approximate surface area is 120 Å². The monoisotopic (exact) mass is 276 g/mol. The number of carbonyl (C=O) groups excluding carboxylic acids is 1. The van der Waals surface area contributed by atoms with Crippen molar-refractivity contribution in [3.63, 3.8) is 0 Å². The number of hydrogen-bond acceptors (Lipinski definition) is 2. The van der Waals surface area contributed by atoms with Crippen molar-refractivity contribution in [1.82, 2.24) is 10.6 Å². The van der Waals surface area contributed by atoms with Crippen molar-refractivity contribution in [3.8, 4) is 5.75 Å². The summed E-state index contributed by atoms with van der Waals surface area (Å²) in [7, 11) is 0. The van der Waals surface area contributed by atoms with Gasteiger partial charge in [-0.2, -0.15) is 0 Å². The van der Waals surface area contributed by atoms with Gasteiger partial charge in [-0.3, -0.25) is 0 Å². The van der Waals surface area contributed by atoms with Gasteiger partial charge in [0.1, 0.15) is 5.75 Å². The number of amides is 2. The molecule has 1 saturated carbocycles. The largest absolute Gasteiger partial charge is 0.494 e. The van der Waals surface area contributed by atoms with Crippen molar-refractivity contribution in [2.75, 3.05) is 6.61 Å². The summed E-state index contributed by atoms with van der Waals surface area (Å²) >= 11 is 0. The summed E-state index contributed by atoms with van der Waals surface area (Å²) in [5.74, 6) is 0.881. The minimum Gasteiger partial charge on any atom is -0.494 e. The molecule has 2 rings (SSSR count). The Bertz CT molecular complexity index is 411. The third-order valence-corrected chi connectivity index (χ3v) is 3.54. The van der Waals surface area contributed by atoms with E-state index in [1.807, 2.05) is 24.3 Å². The number of urea groups is 1. The van der Waals surface area contributed by atoms with Crippen LogP contribution < -0.4 is 15.4 Å². The molecule has 0 spiro atoms. The van der Waals surface area contributed by atoms with E-state index in [9.17, 15) is 4.79 Å². The van der Waals surface area contributed by atoms with Crippen LogP contribution in [0.5, 0.6) is 5.75 Å². The zero-order valence-electron chi connectivity index (χ0n) is 12.2. The molecule has 1 aromatic carbocycles. The molecule has 0 aliphatic heterocycles. The Morgan fingerprint density at radius 3 is 2.60 bits per heavy atom. The van der Waals surface area contributed by atoms with Gasteiger partial charge in [-0.05, 0) is 37.0 Å². The van der Waals surface area contributed by atoms with Crippen LogP contribution in [0.3, 0.4) is 0 Å². The molecular weight excluding hydrogens is 252 g/mol. The normalized spacial score (nSPS) is 15.1. The van der Waals surface area contributed by atoms with Gasteiger partial charge in [0.15, 0.2) is 0 Å². The van der Waals surface area contributed by atoms with E-state index in [0.717, 1.165) is 37.2 Å². The highest BCUT2D eigenvalue weighted by Crippen LogP contribution is 2.17. The van der Waals surface area contributed by atoms with Crippen LogP contribution >= 0.6 is 0 Å². The van der Waals surface area contributed by atoms with Gasteiger partial charge in [-0.25, -0.2) is 4.79 Å². The minimum atomic E-state index is -0.0665. The Balaban J connectivity index is 1.71. The average Bonchev–Trinajstić information content (AvgIpc) is 2.97. The molecule has 1 aliphatic carbocycles. The summed E-state index contributed by atoms with van der Waals surface area (Å²) in [6, 6.07) is 8.16. The molecule has 1 aromatic rings. The fourth-order valence-electron chi connectivity index (χ4n) is 2.41. The summed E-state index contributed by atoms with van der Waals surface area (Å²) in [6.07, 6.45) is 5.67. The summed E-state index contributed by atoms with van der Waals surface area (Å²) < 4.78 is 5.52. The van der Waals surface area contributed by atoms with Gasteiger partial charge in [-0.1, -0.05) is 31.9 Å². The van der Waals surface area contributed by atoms with Gasteiger partial charge in [0.05, 0.1) is 6.61 Å². The predicted molar refractivity (Wildman–Crippen MR) is 79.9 cm³/mol. The molecule has 20 heavy (non-hydrogen) atoms. The zero-order chi connectivity index (χ0) is 14.2. The van der Waals surface area contributed by atoms with Gasteiger partial charge >= 0.3 is 6.03 Å². The maximum atomic E-state index is 11.7. The molecule has 0 heterocycles. The van der Waals surface area contributed by atoms with Crippen LogP contribution in [0, 0.1) is 0 Å². The number of ether oxygens (including phenoxy) is 1. The minimum absolute atomic E-state index is 0.0665. The van der Waals surface area contributed by atoms with Crippen molar-refractivity contribution in [2.45, 2.75) is 51.6 Å². The van der Waals surface area contributed by atoms with Crippen molar-refractivity contribution < 1.29 is 9.53 Å². The number of benzene rings is 1. The Kier molecular flexibility index (Phi) is 5.71. The standard InChI is InChI=1S/C16H24N2O2/c1-2-11-20-15-9-7-13(8-10-15)12-17-16(19)18-14-5-3-4-6-14/h7-10,14H,2-6,11-12H2,1H3,(H2,17,18,19). The molecule has 1 fully saturated rings.